The molecule has 4 aromatic rings. The summed E-state index contributed by atoms with van der Waals surface area (Å²) in [5.41, 5.74) is 2.78. The van der Waals surface area contributed by atoms with E-state index in [-0.39, 0.29) is 0 Å². The van der Waals surface area contributed by atoms with Crippen LogP contribution in [0.5, 0.6) is 11.6 Å². The number of aromatic nitrogens is 2. The van der Waals surface area contributed by atoms with E-state index in [4.69, 9.17) is 27.9 Å². The van der Waals surface area contributed by atoms with Gasteiger partial charge < -0.3 is 4.74 Å². The molecule has 0 saturated heterocycles. The molecule has 128 valence electrons. The molecule has 0 bridgehead atoms. The molecule has 3 aromatic carbocycles. The van der Waals surface area contributed by atoms with E-state index in [1.54, 1.807) is 0 Å². The van der Waals surface area contributed by atoms with Crippen molar-refractivity contribution in [1.29, 1.82) is 0 Å². The second-order valence-electron chi connectivity index (χ2n) is 5.94. The molecular weight excluding hydrogens is 367 g/mol. The zero-order valence-corrected chi connectivity index (χ0v) is 15.4. The highest BCUT2D eigenvalue weighted by molar-refractivity contribution is 6.32. The first-order chi connectivity index (χ1) is 12.6. The Balaban J connectivity index is 1.84. The van der Waals surface area contributed by atoms with Crippen LogP contribution in [0.3, 0.4) is 0 Å². The minimum absolute atomic E-state index is 0.422. The summed E-state index contributed by atoms with van der Waals surface area (Å²) in [6.45, 7) is 1.98. The number of ether oxygens (including phenoxy) is 1. The summed E-state index contributed by atoms with van der Waals surface area (Å²) in [7, 11) is 0. The van der Waals surface area contributed by atoms with Gasteiger partial charge in [0.15, 0.2) is 0 Å². The average Bonchev–Trinajstić information content (AvgIpc) is 2.66. The monoisotopic (exact) mass is 380 g/mol. The van der Waals surface area contributed by atoms with E-state index in [1.807, 2.05) is 73.7 Å². The smallest absolute Gasteiger partial charge is 0.246 e. The number of hydrogen-bond donors (Lipinski definition) is 0. The Labute approximate surface area is 161 Å². The van der Waals surface area contributed by atoms with Crippen LogP contribution in [0.2, 0.25) is 10.0 Å². The lowest BCUT2D eigenvalue weighted by molar-refractivity contribution is 0.462. The fraction of sp³-hybridized carbons (Fsp3) is 0.0476. The third-order valence-corrected chi connectivity index (χ3v) is 4.63. The predicted molar refractivity (Wildman–Crippen MR) is 106 cm³/mol. The van der Waals surface area contributed by atoms with Crippen LogP contribution in [0, 0.1) is 6.92 Å². The minimum atomic E-state index is 0.422. The topological polar surface area (TPSA) is 35.0 Å². The number of aryl methyl sites for hydroxylation is 1. The van der Waals surface area contributed by atoms with E-state index in [2.05, 4.69) is 10.2 Å². The van der Waals surface area contributed by atoms with Crippen molar-refractivity contribution in [1.82, 2.24) is 10.2 Å². The number of benzene rings is 3. The van der Waals surface area contributed by atoms with Crippen LogP contribution in [0.15, 0.2) is 66.7 Å². The van der Waals surface area contributed by atoms with E-state index < -0.39 is 0 Å². The van der Waals surface area contributed by atoms with Gasteiger partial charge in [-0.25, -0.2) is 0 Å². The number of hydrogen-bond acceptors (Lipinski definition) is 3. The molecule has 3 nitrogen and oxygen atoms in total. The maximum Gasteiger partial charge on any atom is 0.246 e. The van der Waals surface area contributed by atoms with Crippen LogP contribution in [-0.2, 0) is 0 Å². The van der Waals surface area contributed by atoms with Crippen molar-refractivity contribution in [2.45, 2.75) is 6.92 Å². The summed E-state index contributed by atoms with van der Waals surface area (Å²) in [5, 5.41) is 11.7. The zero-order chi connectivity index (χ0) is 18.1. The van der Waals surface area contributed by atoms with Crippen molar-refractivity contribution in [3.05, 3.63) is 82.3 Å². The first-order valence-corrected chi connectivity index (χ1v) is 8.83. The quantitative estimate of drug-likeness (QED) is 0.396. The first kappa shape index (κ1) is 16.8. The molecule has 26 heavy (non-hydrogen) atoms. The average molecular weight is 381 g/mol. The Morgan fingerprint density at radius 3 is 2.31 bits per heavy atom. The number of halogens is 2. The summed E-state index contributed by atoms with van der Waals surface area (Å²) in [6.07, 6.45) is 0. The van der Waals surface area contributed by atoms with Gasteiger partial charge in [0.25, 0.3) is 0 Å². The zero-order valence-electron chi connectivity index (χ0n) is 13.9. The molecule has 5 heteroatoms. The van der Waals surface area contributed by atoms with Gasteiger partial charge in [-0.3, -0.25) is 0 Å². The fourth-order valence-corrected chi connectivity index (χ4v) is 3.05. The predicted octanol–water partition coefficient (Wildman–Crippen LogP) is 6.70. The summed E-state index contributed by atoms with van der Waals surface area (Å²) in [5.74, 6) is 0.983. The van der Waals surface area contributed by atoms with E-state index in [0.717, 1.165) is 27.6 Å². The van der Waals surface area contributed by atoms with Gasteiger partial charge in [-0.2, -0.15) is 0 Å². The van der Waals surface area contributed by atoms with Crippen LogP contribution in [0.4, 0.5) is 0 Å². The fourth-order valence-electron chi connectivity index (χ4n) is 2.77. The summed E-state index contributed by atoms with van der Waals surface area (Å²) >= 11 is 12.2. The summed E-state index contributed by atoms with van der Waals surface area (Å²) in [6, 6.07) is 21.0. The lowest BCUT2D eigenvalue weighted by atomic mass is 10.1. The third kappa shape index (κ3) is 3.24. The molecule has 0 radical (unpaired) electrons. The maximum atomic E-state index is 6.25. The third-order valence-electron chi connectivity index (χ3n) is 4.06. The molecule has 0 saturated carbocycles. The van der Waals surface area contributed by atoms with Crippen molar-refractivity contribution in [3.8, 4) is 22.9 Å². The van der Waals surface area contributed by atoms with Gasteiger partial charge in [0.1, 0.15) is 11.4 Å². The molecule has 0 aliphatic heterocycles. The number of fused-ring (bicyclic) bond motifs is 1. The molecule has 0 aliphatic carbocycles. The van der Waals surface area contributed by atoms with Gasteiger partial charge in [-0.05, 0) is 42.8 Å². The van der Waals surface area contributed by atoms with E-state index in [9.17, 15) is 0 Å². The second-order valence-corrected chi connectivity index (χ2v) is 6.79. The second kappa shape index (κ2) is 6.94. The molecule has 0 fully saturated rings. The van der Waals surface area contributed by atoms with E-state index in [0.29, 0.717) is 21.7 Å². The molecule has 1 aromatic heterocycles. The van der Waals surface area contributed by atoms with Gasteiger partial charge in [0, 0.05) is 21.4 Å². The van der Waals surface area contributed by atoms with Crippen molar-refractivity contribution >= 4 is 34.0 Å². The van der Waals surface area contributed by atoms with E-state index in [1.165, 1.54) is 0 Å². The highest BCUT2D eigenvalue weighted by Crippen LogP contribution is 2.35. The van der Waals surface area contributed by atoms with Crippen LogP contribution in [0.1, 0.15) is 5.56 Å². The Kier molecular flexibility index (Phi) is 4.49. The number of nitrogens with zero attached hydrogens (tertiary/aromatic N) is 2. The van der Waals surface area contributed by atoms with Gasteiger partial charge >= 0.3 is 0 Å². The van der Waals surface area contributed by atoms with Crippen molar-refractivity contribution < 1.29 is 4.74 Å². The number of rotatable bonds is 3. The largest absolute Gasteiger partial charge is 0.435 e. The molecule has 1 heterocycles. The van der Waals surface area contributed by atoms with Crippen molar-refractivity contribution in [3.63, 3.8) is 0 Å². The molecule has 0 amide bonds. The minimum Gasteiger partial charge on any atom is -0.435 e. The molecule has 0 unspecified atom stereocenters. The van der Waals surface area contributed by atoms with Crippen LogP contribution in [-0.4, -0.2) is 10.2 Å². The molecule has 0 atom stereocenters. The highest BCUT2D eigenvalue weighted by Gasteiger charge is 2.13. The summed E-state index contributed by atoms with van der Waals surface area (Å²) < 4.78 is 5.99. The highest BCUT2D eigenvalue weighted by atomic mass is 35.5. The standard InChI is InChI=1S/C21H14Cl2N2O/c1-13-6-11-18(23)19(12-13)26-21-17-5-3-2-4-16(17)20(24-25-21)14-7-9-15(22)10-8-14/h2-12H,1H3. The Morgan fingerprint density at radius 2 is 1.54 bits per heavy atom. The van der Waals surface area contributed by atoms with Crippen LogP contribution >= 0.6 is 23.2 Å². The van der Waals surface area contributed by atoms with Gasteiger partial charge in [-0.15, -0.1) is 10.2 Å². The van der Waals surface area contributed by atoms with Gasteiger partial charge in [0.05, 0.1) is 5.02 Å². The van der Waals surface area contributed by atoms with Crippen LogP contribution < -0.4 is 4.74 Å². The maximum absolute atomic E-state index is 6.25. The lowest BCUT2D eigenvalue weighted by Crippen LogP contribution is -1.96. The van der Waals surface area contributed by atoms with Gasteiger partial charge in [-0.1, -0.05) is 59.6 Å². The van der Waals surface area contributed by atoms with Gasteiger partial charge in [0.2, 0.25) is 5.88 Å². The molecule has 0 aliphatic rings. The van der Waals surface area contributed by atoms with Crippen molar-refractivity contribution in [2.75, 3.05) is 0 Å². The van der Waals surface area contributed by atoms with E-state index >= 15 is 0 Å². The Bertz CT molecular complexity index is 1090. The Hall–Kier alpha value is -2.62. The lowest BCUT2D eigenvalue weighted by Gasteiger charge is -2.11. The molecule has 4 rings (SSSR count). The first-order valence-electron chi connectivity index (χ1n) is 8.07. The van der Waals surface area contributed by atoms with Crippen molar-refractivity contribution in [2.24, 2.45) is 0 Å². The molecular formula is C21H14Cl2N2O. The summed E-state index contributed by atoms with van der Waals surface area (Å²) in [4.78, 5) is 0. The van der Waals surface area contributed by atoms with Crippen LogP contribution in [0.25, 0.3) is 22.0 Å². The molecule has 0 spiro atoms. The normalized spacial score (nSPS) is 10.9. The Morgan fingerprint density at radius 1 is 0.808 bits per heavy atom. The SMILES string of the molecule is Cc1ccc(Cl)c(Oc2nnc(-c3ccc(Cl)cc3)c3ccccc23)c1. The molecule has 0 N–H and O–H groups in total.